The van der Waals surface area contributed by atoms with Gasteiger partial charge in [-0.3, -0.25) is 9.97 Å². The van der Waals surface area contributed by atoms with Gasteiger partial charge in [0.15, 0.2) is 0 Å². The van der Waals surface area contributed by atoms with Crippen LogP contribution in [0.25, 0.3) is 22.0 Å². The SMILES string of the molecule is CCNc1ccnc(-c2cccc3cnccc23)c1. The van der Waals surface area contributed by atoms with E-state index in [0.29, 0.717) is 0 Å². The lowest BCUT2D eigenvalue weighted by Crippen LogP contribution is -1.97. The maximum atomic E-state index is 4.48. The molecule has 2 heterocycles. The van der Waals surface area contributed by atoms with E-state index < -0.39 is 0 Å². The van der Waals surface area contributed by atoms with Crippen molar-refractivity contribution < 1.29 is 0 Å². The Morgan fingerprint density at radius 1 is 1.11 bits per heavy atom. The molecule has 0 radical (unpaired) electrons. The molecule has 0 saturated carbocycles. The van der Waals surface area contributed by atoms with E-state index in [1.807, 2.05) is 36.8 Å². The van der Waals surface area contributed by atoms with Gasteiger partial charge in [0.25, 0.3) is 0 Å². The molecule has 1 aromatic carbocycles. The van der Waals surface area contributed by atoms with Crippen molar-refractivity contribution in [3.63, 3.8) is 0 Å². The van der Waals surface area contributed by atoms with Gasteiger partial charge in [-0.1, -0.05) is 18.2 Å². The fourth-order valence-electron chi connectivity index (χ4n) is 2.24. The van der Waals surface area contributed by atoms with Crippen LogP contribution in [0.1, 0.15) is 6.92 Å². The molecular formula is C16H15N3. The van der Waals surface area contributed by atoms with Gasteiger partial charge < -0.3 is 5.32 Å². The molecule has 94 valence electrons. The second kappa shape index (κ2) is 5.06. The molecule has 0 aliphatic carbocycles. The second-order valence-electron chi connectivity index (χ2n) is 4.36. The summed E-state index contributed by atoms with van der Waals surface area (Å²) in [5, 5.41) is 5.63. The lowest BCUT2D eigenvalue weighted by Gasteiger charge is -2.08. The molecule has 0 aliphatic rings. The van der Waals surface area contributed by atoms with E-state index in [4.69, 9.17) is 0 Å². The fourth-order valence-corrected chi connectivity index (χ4v) is 2.24. The molecule has 0 unspecified atom stereocenters. The molecule has 0 saturated heterocycles. The number of nitrogens with zero attached hydrogens (tertiary/aromatic N) is 2. The molecule has 2 aromatic heterocycles. The molecule has 1 N–H and O–H groups in total. The Morgan fingerprint density at radius 3 is 2.95 bits per heavy atom. The summed E-state index contributed by atoms with van der Waals surface area (Å²) in [6.07, 6.45) is 5.54. The Balaban J connectivity index is 2.16. The van der Waals surface area contributed by atoms with E-state index in [1.165, 1.54) is 5.39 Å². The Labute approximate surface area is 112 Å². The highest BCUT2D eigenvalue weighted by Crippen LogP contribution is 2.27. The van der Waals surface area contributed by atoms with Crippen molar-refractivity contribution in [3.8, 4) is 11.3 Å². The Kier molecular flexibility index (Phi) is 3.11. The van der Waals surface area contributed by atoms with Crippen molar-refractivity contribution in [2.75, 3.05) is 11.9 Å². The van der Waals surface area contributed by atoms with E-state index >= 15 is 0 Å². The number of anilines is 1. The minimum absolute atomic E-state index is 0.906. The lowest BCUT2D eigenvalue weighted by atomic mass is 10.0. The molecule has 3 aromatic rings. The quantitative estimate of drug-likeness (QED) is 0.768. The van der Waals surface area contributed by atoms with Crippen molar-refractivity contribution in [3.05, 3.63) is 55.0 Å². The third-order valence-corrected chi connectivity index (χ3v) is 3.10. The molecule has 3 nitrogen and oxygen atoms in total. The average Bonchev–Trinajstić information content (AvgIpc) is 2.47. The van der Waals surface area contributed by atoms with Gasteiger partial charge in [-0.15, -0.1) is 0 Å². The molecule has 19 heavy (non-hydrogen) atoms. The first-order valence-corrected chi connectivity index (χ1v) is 6.41. The molecule has 0 aliphatic heterocycles. The summed E-state index contributed by atoms with van der Waals surface area (Å²) in [5.41, 5.74) is 3.22. The zero-order chi connectivity index (χ0) is 13.1. The maximum Gasteiger partial charge on any atom is 0.0728 e. The van der Waals surface area contributed by atoms with Gasteiger partial charge in [0, 0.05) is 41.8 Å². The van der Waals surface area contributed by atoms with Crippen molar-refractivity contribution in [1.82, 2.24) is 9.97 Å². The van der Waals surface area contributed by atoms with E-state index in [-0.39, 0.29) is 0 Å². The van der Waals surface area contributed by atoms with Crippen LogP contribution in [0.4, 0.5) is 5.69 Å². The zero-order valence-corrected chi connectivity index (χ0v) is 10.8. The summed E-state index contributed by atoms with van der Waals surface area (Å²) in [4.78, 5) is 8.64. The third-order valence-electron chi connectivity index (χ3n) is 3.10. The van der Waals surface area contributed by atoms with E-state index in [0.717, 1.165) is 28.9 Å². The van der Waals surface area contributed by atoms with Crippen molar-refractivity contribution in [2.45, 2.75) is 6.92 Å². The van der Waals surface area contributed by atoms with Crippen LogP contribution in [-0.2, 0) is 0 Å². The third kappa shape index (κ3) is 2.27. The molecule has 3 heteroatoms. The first-order valence-electron chi connectivity index (χ1n) is 6.41. The fraction of sp³-hybridized carbons (Fsp3) is 0.125. The second-order valence-corrected chi connectivity index (χ2v) is 4.36. The predicted molar refractivity (Wildman–Crippen MR) is 79.1 cm³/mol. The van der Waals surface area contributed by atoms with E-state index in [2.05, 4.69) is 40.4 Å². The minimum Gasteiger partial charge on any atom is -0.385 e. The van der Waals surface area contributed by atoms with Gasteiger partial charge in [0.2, 0.25) is 0 Å². The van der Waals surface area contributed by atoms with Crippen LogP contribution in [0.15, 0.2) is 55.0 Å². The number of pyridine rings is 2. The van der Waals surface area contributed by atoms with Gasteiger partial charge in [0.1, 0.15) is 0 Å². The van der Waals surface area contributed by atoms with Crippen LogP contribution in [0.5, 0.6) is 0 Å². The molecular weight excluding hydrogens is 234 g/mol. The number of rotatable bonds is 3. The number of nitrogens with one attached hydrogen (secondary N) is 1. The van der Waals surface area contributed by atoms with Gasteiger partial charge in [-0.25, -0.2) is 0 Å². The minimum atomic E-state index is 0.906. The number of hydrogen-bond donors (Lipinski definition) is 1. The van der Waals surface area contributed by atoms with Crippen molar-refractivity contribution in [1.29, 1.82) is 0 Å². The Hall–Kier alpha value is -2.42. The highest BCUT2D eigenvalue weighted by atomic mass is 14.9. The van der Waals surface area contributed by atoms with Crippen molar-refractivity contribution >= 4 is 16.5 Å². The monoisotopic (exact) mass is 249 g/mol. The first kappa shape index (κ1) is 11.7. The predicted octanol–water partition coefficient (Wildman–Crippen LogP) is 3.73. The van der Waals surface area contributed by atoms with Crippen molar-refractivity contribution in [2.24, 2.45) is 0 Å². The number of aromatic nitrogens is 2. The smallest absolute Gasteiger partial charge is 0.0728 e. The molecule has 0 atom stereocenters. The van der Waals surface area contributed by atoms with Gasteiger partial charge in [0.05, 0.1) is 5.69 Å². The maximum absolute atomic E-state index is 4.48. The average molecular weight is 249 g/mol. The van der Waals surface area contributed by atoms with Crippen LogP contribution in [-0.4, -0.2) is 16.5 Å². The largest absolute Gasteiger partial charge is 0.385 e. The first-order chi connectivity index (χ1) is 9.38. The molecule has 3 rings (SSSR count). The standard InChI is InChI=1S/C16H15N3/c1-2-18-13-6-9-19-16(10-13)15-5-3-4-12-11-17-8-7-14(12)15/h3-11H,2H2,1H3,(H,18,19). The van der Waals surface area contributed by atoms with E-state index in [9.17, 15) is 0 Å². The van der Waals surface area contributed by atoms with Crippen LogP contribution < -0.4 is 5.32 Å². The Bertz CT molecular complexity index is 702. The summed E-state index contributed by atoms with van der Waals surface area (Å²) in [6, 6.07) is 12.3. The van der Waals surface area contributed by atoms with Crippen LogP contribution in [0.3, 0.4) is 0 Å². The summed E-state index contributed by atoms with van der Waals surface area (Å²) < 4.78 is 0. The van der Waals surface area contributed by atoms with Crippen LogP contribution in [0.2, 0.25) is 0 Å². The van der Waals surface area contributed by atoms with E-state index in [1.54, 1.807) is 0 Å². The summed E-state index contributed by atoms with van der Waals surface area (Å²) in [6.45, 7) is 2.99. The lowest BCUT2D eigenvalue weighted by molar-refractivity contribution is 1.20. The normalized spacial score (nSPS) is 10.6. The molecule has 0 spiro atoms. The topological polar surface area (TPSA) is 37.8 Å². The molecule has 0 bridgehead atoms. The highest BCUT2D eigenvalue weighted by Gasteiger charge is 2.05. The van der Waals surface area contributed by atoms with Crippen LogP contribution >= 0.6 is 0 Å². The van der Waals surface area contributed by atoms with Gasteiger partial charge >= 0.3 is 0 Å². The Morgan fingerprint density at radius 2 is 2.05 bits per heavy atom. The number of benzene rings is 1. The highest BCUT2D eigenvalue weighted by molar-refractivity contribution is 5.95. The molecule has 0 fully saturated rings. The number of hydrogen-bond acceptors (Lipinski definition) is 3. The zero-order valence-electron chi connectivity index (χ0n) is 10.8. The van der Waals surface area contributed by atoms with Crippen LogP contribution in [0, 0.1) is 0 Å². The summed E-state index contributed by atoms with van der Waals surface area (Å²) in [7, 11) is 0. The molecule has 0 amide bonds. The van der Waals surface area contributed by atoms with Gasteiger partial charge in [-0.2, -0.15) is 0 Å². The summed E-state index contributed by atoms with van der Waals surface area (Å²) >= 11 is 0. The van der Waals surface area contributed by atoms with Gasteiger partial charge in [-0.05, 0) is 30.5 Å². The summed E-state index contributed by atoms with van der Waals surface area (Å²) in [5.74, 6) is 0. The number of fused-ring (bicyclic) bond motifs is 1.